The molecule has 5 heteroatoms. The third kappa shape index (κ3) is 4.75. The number of carbonyl (C=O) groups is 1. The first kappa shape index (κ1) is 13.3. The van der Waals surface area contributed by atoms with Gasteiger partial charge in [0.25, 0.3) is 0 Å². The van der Waals surface area contributed by atoms with Gasteiger partial charge in [0.2, 0.25) is 0 Å². The Balaban J connectivity index is 2.35. The Morgan fingerprint density at radius 1 is 1.47 bits per heavy atom. The Bertz CT molecular complexity index is 441. The lowest BCUT2D eigenvalue weighted by atomic mass is 10.2. The number of nitriles is 1. The lowest BCUT2D eigenvalue weighted by molar-refractivity contribution is -0.137. The van der Waals surface area contributed by atoms with E-state index in [0.717, 1.165) is 12.1 Å². The highest BCUT2D eigenvalue weighted by molar-refractivity contribution is 6.32. The van der Waals surface area contributed by atoms with E-state index in [2.05, 4.69) is 5.32 Å². The van der Waals surface area contributed by atoms with Gasteiger partial charge in [-0.25, -0.2) is 0 Å². The lowest BCUT2D eigenvalue weighted by Crippen LogP contribution is -2.03. The monoisotopic (exact) mass is 252 g/mol. The van der Waals surface area contributed by atoms with Crippen molar-refractivity contribution in [2.45, 2.75) is 19.3 Å². The van der Waals surface area contributed by atoms with Crippen LogP contribution in [0.2, 0.25) is 5.02 Å². The summed E-state index contributed by atoms with van der Waals surface area (Å²) >= 11 is 5.87. The minimum atomic E-state index is -0.772. The van der Waals surface area contributed by atoms with Crippen molar-refractivity contribution in [1.29, 1.82) is 5.26 Å². The molecule has 90 valence electrons. The van der Waals surface area contributed by atoms with Gasteiger partial charge < -0.3 is 10.4 Å². The molecular weight excluding hydrogens is 240 g/mol. The summed E-state index contributed by atoms with van der Waals surface area (Å²) in [6.07, 6.45) is 1.62. The number of rotatable bonds is 6. The first-order valence-corrected chi connectivity index (χ1v) is 5.66. The van der Waals surface area contributed by atoms with Crippen LogP contribution in [0.5, 0.6) is 0 Å². The van der Waals surface area contributed by atoms with Crippen molar-refractivity contribution < 1.29 is 9.90 Å². The Morgan fingerprint density at radius 3 is 2.82 bits per heavy atom. The standard InChI is InChI=1S/C12H13ClN2O2/c13-11-7-10(5-4-9(11)8-14)15-6-2-1-3-12(16)17/h4-5,7,15H,1-3,6H2,(H,16,17). The number of benzene rings is 1. The Morgan fingerprint density at radius 2 is 2.24 bits per heavy atom. The van der Waals surface area contributed by atoms with Gasteiger partial charge in [-0.05, 0) is 31.0 Å². The van der Waals surface area contributed by atoms with Gasteiger partial charge in [-0.3, -0.25) is 4.79 Å². The van der Waals surface area contributed by atoms with E-state index in [9.17, 15) is 4.79 Å². The molecule has 0 aliphatic heterocycles. The van der Waals surface area contributed by atoms with Crippen molar-refractivity contribution in [2.75, 3.05) is 11.9 Å². The minimum Gasteiger partial charge on any atom is -0.481 e. The molecule has 0 aliphatic carbocycles. The molecule has 0 spiro atoms. The lowest BCUT2D eigenvalue weighted by Gasteiger charge is -2.06. The molecule has 0 heterocycles. The maximum absolute atomic E-state index is 10.3. The van der Waals surface area contributed by atoms with Crippen LogP contribution in [0.25, 0.3) is 0 Å². The van der Waals surface area contributed by atoms with Crippen molar-refractivity contribution in [3.05, 3.63) is 28.8 Å². The molecule has 1 aromatic carbocycles. The smallest absolute Gasteiger partial charge is 0.303 e. The van der Waals surface area contributed by atoms with E-state index in [-0.39, 0.29) is 6.42 Å². The second kappa shape index (κ2) is 6.77. The molecule has 1 rings (SSSR count). The van der Waals surface area contributed by atoms with Crippen molar-refractivity contribution in [3.8, 4) is 6.07 Å². The number of nitrogens with zero attached hydrogens (tertiary/aromatic N) is 1. The average Bonchev–Trinajstić information content (AvgIpc) is 2.28. The molecule has 4 nitrogen and oxygen atoms in total. The van der Waals surface area contributed by atoms with Gasteiger partial charge in [-0.1, -0.05) is 11.6 Å². The summed E-state index contributed by atoms with van der Waals surface area (Å²) in [6.45, 7) is 0.690. The van der Waals surface area contributed by atoms with Gasteiger partial charge in [0.15, 0.2) is 0 Å². The molecule has 0 unspecified atom stereocenters. The zero-order valence-electron chi connectivity index (χ0n) is 9.24. The fourth-order valence-corrected chi connectivity index (χ4v) is 1.57. The molecule has 0 saturated heterocycles. The summed E-state index contributed by atoms with van der Waals surface area (Å²) < 4.78 is 0. The van der Waals surface area contributed by atoms with E-state index < -0.39 is 5.97 Å². The average molecular weight is 253 g/mol. The predicted molar refractivity (Wildman–Crippen MR) is 66.1 cm³/mol. The molecule has 0 aromatic heterocycles. The zero-order valence-corrected chi connectivity index (χ0v) is 10.00. The summed E-state index contributed by atoms with van der Waals surface area (Å²) in [5.74, 6) is -0.772. The van der Waals surface area contributed by atoms with Crippen LogP contribution in [0.1, 0.15) is 24.8 Å². The van der Waals surface area contributed by atoms with Crippen LogP contribution in [0.4, 0.5) is 5.69 Å². The largest absolute Gasteiger partial charge is 0.481 e. The van der Waals surface area contributed by atoms with Gasteiger partial charge in [0, 0.05) is 18.7 Å². The summed E-state index contributed by atoms with van der Waals surface area (Å²) in [5.41, 5.74) is 1.28. The molecule has 0 fully saturated rings. The summed E-state index contributed by atoms with van der Waals surface area (Å²) in [7, 11) is 0. The number of nitrogens with one attached hydrogen (secondary N) is 1. The number of halogens is 1. The number of unbranched alkanes of at least 4 members (excludes halogenated alkanes) is 1. The van der Waals surface area contributed by atoms with Crippen LogP contribution in [-0.4, -0.2) is 17.6 Å². The van der Waals surface area contributed by atoms with E-state index in [0.29, 0.717) is 23.6 Å². The number of aliphatic carboxylic acids is 1. The van der Waals surface area contributed by atoms with Crippen molar-refractivity contribution in [2.24, 2.45) is 0 Å². The maximum Gasteiger partial charge on any atom is 0.303 e. The van der Waals surface area contributed by atoms with Gasteiger partial charge >= 0.3 is 5.97 Å². The van der Waals surface area contributed by atoms with Crippen molar-refractivity contribution >= 4 is 23.3 Å². The van der Waals surface area contributed by atoms with E-state index in [4.69, 9.17) is 22.0 Å². The zero-order chi connectivity index (χ0) is 12.7. The molecule has 0 amide bonds. The second-order valence-electron chi connectivity index (χ2n) is 3.58. The normalized spacial score (nSPS) is 9.65. The Labute approximate surface area is 105 Å². The highest BCUT2D eigenvalue weighted by atomic mass is 35.5. The Kier molecular flexibility index (Phi) is 5.31. The molecule has 0 bridgehead atoms. The second-order valence-corrected chi connectivity index (χ2v) is 3.99. The van der Waals surface area contributed by atoms with Crippen LogP contribution in [0.3, 0.4) is 0 Å². The number of anilines is 1. The highest BCUT2D eigenvalue weighted by Gasteiger charge is 2.01. The van der Waals surface area contributed by atoms with Crippen LogP contribution in [0, 0.1) is 11.3 Å². The van der Waals surface area contributed by atoms with E-state index >= 15 is 0 Å². The SMILES string of the molecule is N#Cc1ccc(NCCCCC(=O)O)cc1Cl. The third-order valence-electron chi connectivity index (χ3n) is 2.24. The van der Waals surface area contributed by atoms with Crippen LogP contribution in [-0.2, 0) is 4.79 Å². The fourth-order valence-electron chi connectivity index (χ4n) is 1.35. The number of hydrogen-bond donors (Lipinski definition) is 2. The number of carboxylic acids is 1. The molecule has 17 heavy (non-hydrogen) atoms. The first-order valence-electron chi connectivity index (χ1n) is 5.29. The predicted octanol–water partition coefficient (Wildman–Crippen LogP) is 2.88. The summed E-state index contributed by atoms with van der Waals surface area (Å²) in [6, 6.07) is 7.11. The quantitative estimate of drug-likeness (QED) is 0.764. The van der Waals surface area contributed by atoms with E-state index in [1.807, 2.05) is 6.07 Å². The summed E-state index contributed by atoms with van der Waals surface area (Å²) in [4.78, 5) is 10.3. The molecule has 1 aromatic rings. The summed E-state index contributed by atoms with van der Waals surface area (Å²) in [5, 5.41) is 20.7. The molecular formula is C12H13ClN2O2. The van der Waals surface area contributed by atoms with Crippen molar-refractivity contribution in [3.63, 3.8) is 0 Å². The van der Waals surface area contributed by atoms with Crippen molar-refractivity contribution in [1.82, 2.24) is 0 Å². The van der Waals surface area contributed by atoms with Gasteiger partial charge in [-0.2, -0.15) is 5.26 Å². The molecule has 0 saturated carbocycles. The molecule has 0 radical (unpaired) electrons. The topological polar surface area (TPSA) is 73.1 Å². The molecule has 0 aliphatic rings. The van der Waals surface area contributed by atoms with E-state index in [1.54, 1.807) is 18.2 Å². The minimum absolute atomic E-state index is 0.190. The highest BCUT2D eigenvalue weighted by Crippen LogP contribution is 2.20. The molecule has 2 N–H and O–H groups in total. The van der Waals surface area contributed by atoms with Crippen LogP contribution in [0.15, 0.2) is 18.2 Å². The van der Waals surface area contributed by atoms with Gasteiger partial charge in [0.1, 0.15) is 6.07 Å². The first-order chi connectivity index (χ1) is 8.13. The van der Waals surface area contributed by atoms with Gasteiger partial charge in [0.05, 0.1) is 10.6 Å². The number of hydrogen-bond acceptors (Lipinski definition) is 3. The van der Waals surface area contributed by atoms with Crippen LogP contribution < -0.4 is 5.32 Å². The van der Waals surface area contributed by atoms with Crippen LogP contribution >= 0.6 is 11.6 Å². The van der Waals surface area contributed by atoms with E-state index in [1.165, 1.54) is 0 Å². The fraction of sp³-hybridized carbons (Fsp3) is 0.333. The maximum atomic E-state index is 10.3. The number of carboxylic acid groups (broad SMARTS) is 1. The third-order valence-corrected chi connectivity index (χ3v) is 2.55. The Hall–Kier alpha value is -1.73. The molecule has 0 atom stereocenters. The van der Waals surface area contributed by atoms with Gasteiger partial charge in [-0.15, -0.1) is 0 Å².